The number of anilines is 2. The van der Waals surface area contributed by atoms with E-state index in [1.165, 1.54) is 14.2 Å². The van der Waals surface area contributed by atoms with Crippen LogP contribution in [0.4, 0.5) is 11.4 Å². The van der Waals surface area contributed by atoms with Gasteiger partial charge in [-0.3, -0.25) is 9.69 Å². The smallest absolute Gasteiger partial charge is 0.251 e. The second kappa shape index (κ2) is 11.5. The minimum atomic E-state index is -1.44. The molecular formula is C40H31NO5. The third-order valence-electron chi connectivity index (χ3n) is 8.71. The molecule has 226 valence electrons. The molecule has 0 fully saturated rings. The van der Waals surface area contributed by atoms with Crippen LogP contribution >= 0.6 is 0 Å². The molecule has 6 heteroatoms. The van der Waals surface area contributed by atoms with E-state index >= 15 is 4.79 Å². The second-order valence-corrected chi connectivity index (χ2v) is 11.1. The molecule has 1 aliphatic heterocycles. The topological polar surface area (TPSA) is 79.2 Å². The number of phenolic OH excluding ortho intramolecular Hbond substituents is 2. The first-order chi connectivity index (χ1) is 22.5. The van der Waals surface area contributed by atoms with Crippen LogP contribution in [0.5, 0.6) is 23.0 Å². The first-order valence-electron chi connectivity index (χ1n) is 14.9. The van der Waals surface area contributed by atoms with Gasteiger partial charge in [-0.1, -0.05) is 97.1 Å². The van der Waals surface area contributed by atoms with Crippen LogP contribution in [0.2, 0.25) is 0 Å². The molecule has 0 saturated heterocycles. The van der Waals surface area contributed by atoms with E-state index in [1.807, 2.05) is 127 Å². The summed E-state index contributed by atoms with van der Waals surface area (Å²) in [6.07, 6.45) is 0. The van der Waals surface area contributed by atoms with Gasteiger partial charge < -0.3 is 19.7 Å². The molecule has 6 aromatic rings. The van der Waals surface area contributed by atoms with Gasteiger partial charge in [0.1, 0.15) is 5.41 Å². The number of benzene rings is 6. The maximum absolute atomic E-state index is 15.5. The number of rotatable bonds is 7. The van der Waals surface area contributed by atoms with Crippen LogP contribution < -0.4 is 14.4 Å². The fraction of sp³-hybridized carbons (Fsp3) is 0.0750. The molecule has 0 atom stereocenters. The fourth-order valence-electron chi connectivity index (χ4n) is 6.57. The van der Waals surface area contributed by atoms with Gasteiger partial charge in [-0.15, -0.1) is 0 Å². The van der Waals surface area contributed by atoms with Crippen molar-refractivity contribution in [3.63, 3.8) is 0 Å². The summed E-state index contributed by atoms with van der Waals surface area (Å²) in [4.78, 5) is 17.2. The van der Waals surface area contributed by atoms with Crippen molar-refractivity contribution in [1.29, 1.82) is 0 Å². The van der Waals surface area contributed by atoms with Gasteiger partial charge in [0.05, 0.1) is 19.9 Å². The third-order valence-corrected chi connectivity index (χ3v) is 8.71. The molecule has 0 radical (unpaired) electrons. The van der Waals surface area contributed by atoms with E-state index < -0.39 is 5.41 Å². The maximum Gasteiger partial charge on any atom is 0.251 e. The number of carbonyl (C=O) groups excluding carboxylic acids is 1. The van der Waals surface area contributed by atoms with Gasteiger partial charge in [0.25, 0.3) is 5.91 Å². The van der Waals surface area contributed by atoms with Crippen LogP contribution in [-0.2, 0) is 10.2 Å². The van der Waals surface area contributed by atoms with Crippen molar-refractivity contribution in [3.8, 4) is 45.3 Å². The zero-order valence-electron chi connectivity index (χ0n) is 25.3. The first kappa shape index (κ1) is 28.7. The number of fused-ring (bicyclic) bond motifs is 1. The van der Waals surface area contributed by atoms with E-state index in [-0.39, 0.29) is 28.9 Å². The lowest BCUT2D eigenvalue weighted by molar-refractivity contribution is -0.120. The highest BCUT2D eigenvalue weighted by atomic mass is 16.5. The average molecular weight is 606 g/mol. The van der Waals surface area contributed by atoms with Crippen molar-refractivity contribution in [2.75, 3.05) is 19.1 Å². The molecule has 0 bridgehead atoms. The Bertz CT molecular complexity index is 1960. The average Bonchev–Trinajstić information content (AvgIpc) is 3.38. The van der Waals surface area contributed by atoms with Gasteiger partial charge in [-0.05, 0) is 64.7 Å². The number of aromatic hydroxyl groups is 2. The zero-order chi connectivity index (χ0) is 31.8. The van der Waals surface area contributed by atoms with E-state index in [1.54, 1.807) is 17.0 Å². The van der Waals surface area contributed by atoms with Crippen molar-refractivity contribution in [1.82, 2.24) is 0 Å². The number of nitrogens with zero attached hydrogens (tertiary/aromatic N) is 1. The molecule has 6 nitrogen and oxygen atoms in total. The number of hydrogen-bond acceptors (Lipinski definition) is 5. The quantitative estimate of drug-likeness (QED) is 0.191. The van der Waals surface area contributed by atoms with Crippen molar-refractivity contribution >= 4 is 17.3 Å². The Morgan fingerprint density at radius 2 is 1.00 bits per heavy atom. The van der Waals surface area contributed by atoms with Gasteiger partial charge in [-0.25, -0.2) is 0 Å². The summed E-state index contributed by atoms with van der Waals surface area (Å²) in [6, 6.07) is 43.5. The largest absolute Gasteiger partial charge is 0.504 e. The van der Waals surface area contributed by atoms with Gasteiger partial charge in [0.15, 0.2) is 23.0 Å². The van der Waals surface area contributed by atoms with Gasteiger partial charge >= 0.3 is 0 Å². The second-order valence-electron chi connectivity index (χ2n) is 11.1. The predicted octanol–water partition coefficient (Wildman–Crippen LogP) is 8.46. The monoisotopic (exact) mass is 605 g/mol. The Kier molecular flexibility index (Phi) is 7.18. The highest BCUT2D eigenvalue weighted by molar-refractivity contribution is 6.17. The Hall–Kier alpha value is -6.01. The van der Waals surface area contributed by atoms with Crippen LogP contribution in [-0.4, -0.2) is 30.3 Å². The van der Waals surface area contributed by atoms with E-state index in [4.69, 9.17) is 9.47 Å². The summed E-state index contributed by atoms with van der Waals surface area (Å²) in [5.74, 6) is 0.179. The normalized spacial score (nSPS) is 13.3. The molecule has 2 N–H and O–H groups in total. The lowest BCUT2D eigenvalue weighted by atomic mass is 9.69. The number of amides is 1. The molecule has 0 spiro atoms. The van der Waals surface area contributed by atoms with Gasteiger partial charge in [0.2, 0.25) is 0 Å². The number of para-hydroxylation sites is 2. The molecular weight excluding hydrogens is 574 g/mol. The van der Waals surface area contributed by atoms with Crippen molar-refractivity contribution in [2.45, 2.75) is 5.41 Å². The standard InChI is InChI=1S/C40H31NO5/c1-45-35-24-28(22-31(37(35)42)26-14-6-3-7-15-26)40(29-23-32(27-16-8-4-9-17-27)38(43)36(25-29)46-2)33-20-12-13-21-34(33)41(39(40)44)30-18-10-5-11-19-30/h3-25,42-43H,1-2H3. The minimum Gasteiger partial charge on any atom is -0.504 e. The lowest BCUT2D eigenvalue weighted by Gasteiger charge is -2.32. The Morgan fingerprint density at radius 1 is 0.565 bits per heavy atom. The van der Waals surface area contributed by atoms with E-state index in [0.29, 0.717) is 27.9 Å². The Morgan fingerprint density at radius 3 is 1.48 bits per heavy atom. The van der Waals surface area contributed by atoms with Crippen LogP contribution in [0, 0.1) is 0 Å². The summed E-state index contributed by atoms with van der Waals surface area (Å²) in [5.41, 5.74) is 4.48. The minimum absolute atomic E-state index is 0.0282. The van der Waals surface area contributed by atoms with Gasteiger partial charge in [-0.2, -0.15) is 0 Å². The summed E-state index contributed by atoms with van der Waals surface area (Å²) < 4.78 is 11.5. The highest BCUT2D eigenvalue weighted by Gasteiger charge is 2.54. The molecule has 1 aliphatic rings. The Balaban J connectivity index is 1.62. The van der Waals surface area contributed by atoms with Crippen LogP contribution in [0.1, 0.15) is 16.7 Å². The summed E-state index contributed by atoms with van der Waals surface area (Å²) >= 11 is 0. The van der Waals surface area contributed by atoms with Gasteiger partial charge in [0, 0.05) is 22.4 Å². The summed E-state index contributed by atoms with van der Waals surface area (Å²) in [5, 5.41) is 22.8. The zero-order valence-corrected chi connectivity index (χ0v) is 25.3. The molecule has 46 heavy (non-hydrogen) atoms. The summed E-state index contributed by atoms with van der Waals surface area (Å²) in [7, 11) is 3.00. The van der Waals surface area contributed by atoms with Crippen LogP contribution in [0.3, 0.4) is 0 Å². The molecule has 0 aromatic heterocycles. The number of phenols is 2. The molecule has 0 saturated carbocycles. The number of ether oxygens (including phenoxy) is 2. The molecule has 1 amide bonds. The SMILES string of the molecule is COc1cc(C2(c3cc(OC)c(O)c(-c4ccccc4)c3)C(=O)N(c3ccccc3)c3ccccc32)cc(-c2ccccc2)c1O. The molecule has 1 heterocycles. The van der Waals surface area contributed by atoms with Crippen molar-refractivity contribution < 1.29 is 24.5 Å². The highest BCUT2D eigenvalue weighted by Crippen LogP contribution is 2.56. The van der Waals surface area contributed by atoms with Crippen LogP contribution in [0.25, 0.3) is 22.3 Å². The van der Waals surface area contributed by atoms with Crippen LogP contribution in [0.15, 0.2) is 140 Å². The number of methoxy groups -OCH3 is 2. The van der Waals surface area contributed by atoms with E-state index in [0.717, 1.165) is 22.4 Å². The number of hydrogen-bond donors (Lipinski definition) is 2. The van der Waals surface area contributed by atoms with Crippen molar-refractivity contribution in [3.05, 3.63) is 156 Å². The summed E-state index contributed by atoms with van der Waals surface area (Å²) in [6.45, 7) is 0. The van der Waals surface area contributed by atoms with E-state index in [9.17, 15) is 10.2 Å². The molecule has 6 aromatic carbocycles. The molecule has 0 aliphatic carbocycles. The molecule has 7 rings (SSSR count). The first-order valence-corrected chi connectivity index (χ1v) is 14.9. The van der Waals surface area contributed by atoms with E-state index in [2.05, 4.69) is 0 Å². The number of carbonyl (C=O) groups is 1. The van der Waals surface area contributed by atoms with Crippen molar-refractivity contribution in [2.24, 2.45) is 0 Å². The maximum atomic E-state index is 15.5. The lowest BCUT2D eigenvalue weighted by Crippen LogP contribution is -2.40. The molecule has 0 unspecified atom stereocenters. The fourth-order valence-corrected chi connectivity index (χ4v) is 6.57. The predicted molar refractivity (Wildman–Crippen MR) is 180 cm³/mol. The Labute approximate surface area is 267 Å². The third kappa shape index (κ3) is 4.38.